The van der Waals surface area contributed by atoms with Gasteiger partial charge in [-0.2, -0.15) is 0 Å². The Morgan fingerprint density at radius 3 is 2.37 bits per heavy atom. The molecule has 0 amide bonds. The Hall–Kier alpha value is -1.08. The largest absolute Gasteiger partial charge is 0.494 e. The molecule has 0 heterocycles. The van der Waals surface area contributed by atoms with Crippen LogP contribution < -0.4 is 4.74 Å². The Balaban J connectivity index is 2.68. The van der Waals surface area contributed by atoms with Crippen LogP contribution in [0.2, 0.25) is 0 Å². The summed E-state index contributed by atoms with van der Waals surface area (Å²) in [5.74, 6) is -0.726. The number of carbonyl (C=O) groups is 1. The average Bonchev–Trinajstić information content (AvgIpc) is 3.07. The summed E-state index contributed by atoms with van der Waals surface area (Å²) in [6.45, 7) is 0. The van der Waals surface area contributed by atoms with E-state index in [1.54, 1.807) is 6.07 Å². The summed E-state index contributed by atoms with van der Waals surface area (Å²) in [7, 11) is -2.12. The molecular formula is C12H13BrO5S. The lowest BCUT2D eigenvalue weighted by Gasteiger charge is -2.15. The second-order valence-electron chi connectivity index (χ2n) is 4.65. The number of ether oxygens (including phenoxy) is 1. The van der Waals surface area contributed by atoms with E-state index in [-0.39, 0.29) is 10.6 Å². The fraction of sp³-hybridized carbons (Fsp3) is 0.417. The molecule has 0 spiro atoms. The minimum absolute atomic E-state index is 0.00639. The molecule has 1 aliphatic rings. The molecule has 2 rings (SSSR count). The first kappa shape index (κ1) is 14.3. The molecular weight excluding hydrogens is 336 g/mol. The molecule has 0 aromatic heterocycles. The smallest absolute Gasteiger partial charge is 0.314 e. The van der Waals surface area contributed by atoms with E-state index in [0.29, 0.717) is 22.9 Å². The minimum atomic E-state index is -3.50. The highest BCUT2D eigenvalue weighted by molar-refractivity contribution is 9.10. The van der Waals surface area contributed by atoms with Crippen molar-refractivity contribution in [1.82, 2.24) is 0 Å². The van der Waals surface area contributed by atoms with Crippen LogP contribution in [-0.2, 0) is 20.0 Å². The Bertz CT molecular complexity index is 646. The van der Waals surface area contributed by atoms with Gasteiger partial charge >= 0.3 is 5.97 Å². The molecule has 0 atom stereocenters. The molecule has 0 unspecified atom stereocenters. The van der Waals surface area contributed by atoms with Gasteiger partial charge in [-0.05, 0) is 46.5 Å². The van der Waals surface area contributed by atoms with Gasteiger partial charge in [0.15, 0.2) is 15.6 Å². The third-order valence-corrected chi connectivity index (χ3v) is 5.02. The number of hydrogen-bond donors (Lipinski definition) is 1. The van der Waals surface area contributed by atoms with Crippen molar-refractivity contribution in [3.05, 3.63) is 22.2 Å². The van der Waals surface area contributed by atoms with Crippen LogP contribution in [0.1, 0.15) is 18.4 Å². The molecule has 1 fully saturated rings. The third kappa shape index (κ3) is 2.36. The van der Waals surface area contributed by atoms with Gasteiger partial charge in [0, 0.05) is 6.26 Å². The van der Waals surface area contributed by atoms with Crippen molar-refractivity contribution >= 4 is 31.7 Å². The molecule has 0 radical (unpaired) electrons. The zero-order valence-corrected chi connectivity index (χ0v) is 12.8. The van der Waals surface area contributed by atoms with Crippen LogP contribution in [0, 0.1) is 0 Å². The number of rotatable bonds is 4. The Labute approximate surface area is 119 Å². The molecule has 1 aromatic rings. The number of methoxy groups -OCH3 is 1. The summed E-state index contributed by atoms with van der Waals surface area (Å²) in [5.41, 5.74) is -0.457. The van der Waals surface area contributed by atoms with Gasteiger partial charge in [-0.25, -0.2) is 8.42 Å². The zero-order valence-electron chi connectivity index (χ0n) is 10.4. The van der Waals surface area contributed by atoms with Crippen LogP contribution in [0.3, 0.4) is 0 Å². The molecule has 0 aliphatic heterocycles. The molecule has 1 aliphatic carbocycles. The van der Waals surface area contributed by atoms with Crippen LogP contribution in [0.25, 0.3) is 0 Å². The van der Waals surface area contributed by atoms with Gasteiger partial charge in [-0.15, -0.1) is 0 Å². The van der Waals surface area contributed by atoms with Crippen LogP contribution in [-0.4, -0.2) is 32.9 Å². The average molecular weight is 349 g/mol. The fourth-order valence-electron chi connectivity index (χ4n) is 2.07. The van der Waals surface area contributed by atoms with Crippen molar-refractivity contribution in [2.75, 3.05) is 13.4 Å². The fourth-order valence-corrected chi connectivity index (χ4v) is 3.69. The van der Waals surface area contributed by atoms with E-state index >= 15 is 0 Å². The summed E-state index contributed by atoms with van der Waals surface area (Å²) < 4.78 is 29.1. The molecule has 5 nitrogen and oxygen atoms in total. The molecule has 19 heavy (non-hydrogen) atoms. The first-order valence-electron chi connectivity index (χ1n) is 5.54. The van der Waals surface area contributed by atoms with Gasteiger partial charge in [0.2, 0.25) is 0 Å². The molecule has 0 bridgehead atoms. The Morgan fingerprint density at radius 2 is 2.00 bits per heavy atom. The first-order valence-corrected chi connectivity index (χ1v) is 8.22. The van der Waals surface area contributed by atoms with E-state index < -0.39 is 21.2 Å². The first-order chi connectivity index (χ1) is 8.72. The summed E-state index contributed by atoms with van der Waals surface area (Å²) in [6.07, 6.45) is 2.11. The van der Waals surface area contributed by atoms with Crippen molar-refractivity contribution < 1.29 is 23.1 Å². The quantitative estimate of drug-likeness (QED) is 0.899. The highest BCUT2D eigenvalue weighted by Gasteiger charge is 2.52. The lowest BCUT2D eigenvalue weighted by atomic mass is 9.96. The molecule has 1 N–H and O–H groups in total. The molecule has 104 valence electrons. The van der Waals surface area contributed by atoms with Gasteiger partial charge in [-0.3, -0.25) is 4.79 Å². The lowest BCUT2D eigenvalue weighted by molar-refractivity contribution is -0.140. The third-order valence-electron chi connectivity index (χ3n) is 3.33. The maximum Gasteiger partial charge on any atom is 0.314 e. The summed E-state index contributed by atoms with van der Waals surface area (Å²) in [6, 6.07) is 3.02. The standard InChI is InChI=1S/C12H13BrO5S/c1-18-10-8(13)5-7(6-9(10)19(2,16)17)12(3-4-12)11(14)15/h5-6H,3-4H2,1-2H3,(H,14,15). The number of carboxylic acids is 1. The SMILES string of the molecule is COc1c(Br)cc(C2(C(=O)O)CC2)cc1S(C)(=O)=O. The number of hydrogen-bond acceptors (Lipinski definition) is 4. The van der Waals surface area contributed by atoms with E-state index in [1.165, 1.54) is 13.2 Å². The van der Waals surface area contributed by atoms with Gasteiger partial charge in [0.25, 0.3) is 0 Å². The van der Waals surface area contributed by atoms with Crippen molar-refractivity contribution in [3.63, 3.8) is 0 Å². The predicted octanol–water partition coefficient (Wildman–Crippen LogP) is 1.98. The normalized spacial score (nSPS) is 17.0. The molecule has 0 saturated heterocycles. The highest BCUT2D eigenvalue weighted by atomic mass is 79.9. The van der Waals surface area contributed by atoms with Gasteiger partial charge < -0.3 is 9.84 Å². The zero-order chi connectivity index (χ0) is 14.4. The lowest BCUT2D eigenvalue weighted by Crippen LogP contribution is -2.20. The molecule has 7 heteroatoms. The number of carboxylic acid groups (broad SMARTS) is 1. The number of sulfone groups is 1. The van der Waals surface area contributed by atoms with Crippen LogP contribution >= 0.6 is 15.9 Å². The van der Waals surface area contributed by atoms with E-state index in [1.807, 2.05) is 0 Å². The molecule has 1 aromatic carbocycles. The van der Waals surface area contributed by atoms with E-state index in [2.05, 4.69) is 15.9 Å². The Kier molecular flexibility index (Phi) is 3.38. The van der Waals surface area contributed by atoms with Crippen molar-refractivity contribution in [2.24, 2.45) is 0 Å². The monoisotopic (exact) mass is 348 g/mol. The van der Waals surface area contributed by atoms with Crippen molar-refractivity contribution in [1.29, 1.82) is 0 Å². The van der Waals surface area contributed by atoms with E-state index in [0.717, 1.165) is 6.26 Å². The summed E-state index contributed by atoms with van der Waals surface area (Å²) in [5, 5.41) is 9.27. The van der Waals surface area contributed by atoms with E-state index in [4.69, 9.17) is 4.74 Å². The van der Waals surface area contributed by atoms with Gasteiger partial charge in [0.05, 0.1) is 17.0 Å². The van der Waals surface area contributed by atoms with Crippen LogP contribution in [0.4, 0.5) is 0 Å². The predicted molar refractivity (Wildman–Crippen MR) is 72.4 cm³/mol. The number of benzene rings is 1. The summed E-state index contributed by atoms with van der Waals surface area (Å²) in [4.78, 5) is 11.3. The Morgan fingerprint density at radius 1 is 1.42 bits per heavy atom. The minimum Gasteiger partial charge on any atom is -0.494 e. The molecule has 1 saturated carbocycles. The van der Waals surface area contributed by atoms with E-state index in [9.17, 15) is 18.3 Å². The highest BCUT2D eigenvalue weighted by Crippen LogP contribution is 2.50. The van der Waals surface area contributed by atoms with Crippen molar-refractivity contribution in [3.8, 4) is 5.75 Å². The van der Waals surface area contributed by atoms with Gasteiger partial charge in [0.1, 0.15) is 4.90 Å². The maximum atomic E-state index is 11.8. The second-order valence-corrected chi connectivity index (χ2v) is 7.49. The van der Waals surface area contributed by atoms with Gasteiger partial charge in [-0.1, -0.05) is 0 Å². The summed E-state index contributed by atoms with van der Waals surface area (Å²) >= 11 is 3.24. The topological polar surface area (TPSA) is 80.7 Å². The van der Waals surface area contributed by atoms with Crippen molar-refractivity contribution in [2.45, 2.75) is 23.2 Å². The number of halogens is 1. The maximum absolute atomic E-state index is 11.8. The number of aliphatic carboxylic acids is 1. The second kappa shape index (κ2) is 4.49. The van der Waals surface area contributed by atoms with Crippen LogP contribution in [0.5, 0.6) is 5.75 Å². The van der Waals surface area contributed by atoms with Crippen LogP contribution in [0.15, 0.2) is 21.5 Å².